The molecule has 42 valence electrons. The molecule has 1 rings (SSSR count). The smallest absolute Gasteiger partial charge is 0.178 e. The second-order valence-corrected chi connectivity index (χ2v) is 1.72. The van der Waals surface area contributed by atoms with Crippen LogP contribution in [0.3, 0.4) is 0 Å². The summed E-state index contributed by atoms with van der Waals surface area (Å²) in [6, 6.07) is 0. The van der Waals surface area contributed by atoms with E-state index >= 15 is 0 Å². The summed E-state index contributed by atoms with van der Waals surface area (Å²) in [6.45, 7) is 2.77. The average Bonchev–Trinajstić information content (AvgIpc) is 2.14. The summed E-state index contributed by atoms with van der Waals surface area (Å²) in [4.78, 5) is 3.57. The molecule has 2 radical (unpaired) electrons. The quantitative estimate of drug-likeness (QED) is 0.555. The maximum absolute atomic E-state index is 5.55. The molecule has 0 atom stereocenters. The Morgan fingerprint density at radius 1 is 1.88 bits per heavy atom. The zero-order valence-corrected chi connectivity index (χ0v) is 5.24. The van der Waals surface area contributed by atoms with Crippen LogP contribution < -0.4 is 0 Å². The molecule has 0 bridgehead atoms. The maximum Gasteiger partial charge on any atom is 0.178 e. The molecule has 0 N–H and O–H groups in total. The molecule has 8 heavy (non-hydrogen) atoms. The van der Waals surface area contributed by atoms with Crippen molar-refractivity contribution in [1.82, 2.24) is 9.55 Å². The van der Waals surface area contributed by atoms with E-state index in [-0.39, 0.29) is 0 Å². The van der Waals surface area contributed by atoms with Crippen molar-refractivity contribution in [2.75, 3.05) is 0 Å². The van der Waals surface area contributed by atoms with Gasteiger partial charge in [-0.25, -0.2) is 4.98 Å². The van der Waals surface area contributed by atoms with Gasteiger partial charge in [-0.15, -0.1) is 0 Å². The van der Waals surface area contributed by atoms with E-state index in [0.717, 1.165) is 6.54 Å². The Kier molecular flexibility index (Phi) is 1.53. The number of hydrogen-bond donors (Lipinski definition) is 0. The topological polar surface area (TPSA) is 17.8 Å². The van der Waals surface area contributed by atoms with Gasteiger partial charge in [-0.1, -0.05) is 11.6 Å². The van der Waals surface area contributed by atoms with Gasteiger partial charge < -0.3 is 4.57 Å². The molecule has 0 aliphatic rings. The minimum atomic E-state index is 0.521. The maximum atomic E-state index is 5.55. The van der Waals surface area contributed by atoms with Crippen LogP contribution >= 0.6 is 11.6 Å². The van der Waals surface area contributed by atoms with Gasteiger partial charge in [0, 0.05) is 6.54 Å². The third-order valence-corrected chi connectivity index (χ3v) is 1.16. The fourth-order valence-corrected chi connectivity index (χ4v) is 0.645. The standard InChI is InChI=1S/C5H5ClN2/c1-2-8-4-7-3-5(8)6/h2H2,1H3. The lowest BCUT2D eigenvalue weighted by Gasteiger charge is -1.91. The lowest BCUT2D eigenvalue weighted by molar-refractivity contribution is 0.755. The molecule has 0 amide bonds. The second kappa shape index (κ2) is 2.18. The number of aryl methyl sites for hydroxylation is 1. The van der Waals surface area contributed by atoms with Gasteiger partial charge in [-0.3, -0.25) is 0 Å². The van der Waals surface area contributed by atoms with E-state index in [2.05, 4.69) is 17.5 Å². The molecule has 0 unspecified atom stereocenters. The second-order valence-electron chi connectivity index (χ2n) is 1.36. The van der Waals surface area contributed by atoms with Crippen LogP contribution in [0.15, 0.2) is 0 Å². The van der Waals surface area contributed by atoms with Crippen molar-refractivity contribution in [2.24, 2.45) is 0 Å². The highest BCUT2D eigenvalue weighted by atomic mass is 35.5. The van der Waals surface area contributed by atoms with Gasteiger partial charge >= 0.3 is 0 Å². The summed E-state index contributed by atoms with van der Waals surface area (Å²) in [7, 11) is 0. The molecule has 2 nitrogen and oxygen atoms in total. The SMILES string of the molecule is CCn1[c]n[c]c1Cl. The van der Waals surface area contributed by atoms with E-state index < -0.39 is 0 Å². The molecule has 0 saturated carbocycles. The zero-order chi connectivity index (χ0) is 5.98. The molecule has 0 aromatic carbocycles. The number of halogens is 1. The van der Waals surface area contributed by atoms with Crippen LogP contribution in [0.4, 0.5) is 0 Å². The summed E-state index contributed by atoms with van der Waals surface area (Å²) in [5.74, 6) is 0. The van der Waals surface area contributed by atoms with E-state index in [0.29, 0.717) is 5.15 Å². The van der Waals surface area contributed by atoms with Crippen molar-refractivity contribution in [3.05, 3.63) is 17.7 Å². The molecule has 1 aromatic heterocycles. The molecule has 0 fully saturated rings. The van der Waals surface area contributed by atoms with Crippen LogP contribution in [0.5, 0.6) is 0 Å². The van der Waals surface area contributed by atoms with E-state index in [9.17, 15) is 0 Å². The lowest BCUT2D eigenvalue weighted by atomic mass is 10.7. The van der Waals surface area contributed by atoms with Gasteiger partial charge in [-0.05, 0) is 6.92 Å². The van der Waals surface area contributed by atoms with Gasteiger partial charge in [0.1, 0.15) is 11.3 Å². The van der Waals surface area contributed by atoms with Crippen molar-refractivity contribution in [1.29, 1.82) is 0 Å². The Morgan fingerprint density at radius 2 is 2.62 bits per heavy atom. The Balaban J connectivity index is 2.92. The Morgan fingerprint density at radius 3 is 2.88 bits per heavy atom. The Hall–Kier alpha value is -0.500. The highest BCUT2D eigenvalue weighted by Crippen LogP contribution is 2.03. The normalized spacial score (nSPS) is 9.75. The van der Waals surface area contributed by atoms with Gasteiger partial charge in [0.05, 0.1) is 0 Å². The first-order valence-electron chi connectivity index (χ1n) is 2.36. The molecule has 3 heteroatoms. The van der Waals surface area contributed by atoms with Crippen LogP contribution in [0, 0.1) is 12.5 Å². The van der Waals surface area contributed by atoms with Crippen molar-refractivity contribution >= 4 is 11.6 Å². The monoisotopic (exact) mass is 128 g/mol. The number of rotatable bonds is 1. The number of imidazole rings is 1. The van der Waals surface area contributed by atoms with Crippen molar-refractivity contribution < 1.29 is 0 Å². The van der Waals surface area contributed by atoms with Crippen LogP contribution in [-0.4, -0.2) is 9.55 Å². The average molecular weight is 129 g/mol. The predicted molar refractivity (Wildman–Crippen MR) is 30.6 cm³/mol. The van der Waals surface area contributed by atoms with Gasteiger partial charge in [0.2, 0.25) is 0 Å². The number of nitrogens with zero attached hydrogens (tertiary/aromatic N) is 2. The number of hydrogen-bond acceptors (Lipinski definition) is 1. The van der Waals surface area contributed by atoms with Gasteiger partial charge in [0.25, 0.3) is 0 Å². The van der Waals surface area contributed by atoms with Crippen LogP contribution in [0.25, 0.3) is 0 Å². The third-order valence-electron chi connectivity index (χ3n) is 0.872. The summed E-state index contributed by atoms with van der Waals surface area (Å²) in [5, 5.41) is 0.521. The van der Waals surface area contributed by atoms with Gasteiger partial charge in [0.15, 0.2) is 6.33 Å². The van der Waals surface area contributed by atoms with E-state index in [1.54, 1.807) is 4.57 Å². The fraction of sp³-hybridized carbons (Fsp3) is 0.400. The lowest BCUT2D eigenvalue weighted by Crippen LogP contribution is -1.89. The Bertz CT molecular complexity index is 171. The minimum Gasteiger partial charge on any atom is -0.312 e. The molecular weight excluding hydrogens is 124 g/mol. The highest BCUT2D eigenvalue weighted by molar-refractivity contribution is 6.29. The molecule has 1 aromatic rings. The van der Waals surface area contributed by atoms with E-state index in [4.69, 9.17) is 11.6 Å². The molecule has 1 heterocycles. The largest absolute Gasteiger partial charge is 0.312 e. The molecular formula is C5H5ClN2. The summed E-state index contributed by atoms with van der Waals surface area (Å²) in [5.41, 5.74) is 0. The first-order valence-corrected chi connectivity index (χ1v) is 2.73. The Labute approximate surface area is 53.1 Å². The zero-order valence-electron chi connectivity index (χ0n) is 4.48. The molecule has 0 aliphatic heterocycles. The summed E-state index contributed by atoms with van der Waals surface area (Å²) < 4.78 is 1.68. The first-order chi connectivity index (χ1) is 3.84. The third kappa shape index (κ3) is 0.842. The fourth-order valence-electron chi connectivity index (χ4n) is 0.445. The summed E-state index contributed by atoms with van der Waals surface area (Å²) >= 11 is 5.55. The van der Waals surface area contributed by atoms with Crippen molar-refractivity contribution in [3.8, 4) is 0 Å². The summed E-state index contributed by atoms with van der Waals surface area (Å²) in [6.07, 6.45) is 5.18. The molecule has 0 saturated heterocycles. The number of aromatic nitrogens is 2. The first kappa shape index (κ1) is 5.63. The highest BCUT2D eigenvalue weighted by Gasteiger charge is 1.93. The van der Waals surface area contributed by atoms with E-state index in [1.807, 2.05) is 6.92 Å². The molecule has 0 spiro atoms. The van der Waals surface area contributed by atoms with E-state index in [1.165, 1.54) is 0 Å². The van der Waals surface area contributed by atoms with Crippen LogP contribution in [0.2, 0.25) is 5.15 Å². The minimum absolute atomic E-state index is 0.521. The van der Waals surface area contributed by atoms with Gasteiger partial charge in [-0.2, -0.15) is 0 Å². The van der Waals surface area contributed by atoms with Crippen molar-refractivity contribution in [3.63, 3.8) is 0 Å². The predicted octanol–water partition coefficient (Wildman–Crippen LogP) is 1.16. The van der Waals surface area contributed by atoms with Crippen LogP contribution in [-0.2, 0) is 6.54 Å². The van der Waals surface area contributed by atoms with Crippen LogP contribution in [0.1, 0.15) is 6.92 Å². The van der Waals surface area contributed by atoms with Crippen molar-refractivity contribution in [2.45, 2.75) is 13.5 Å². The molecule has 0 aliphatic carbocycles.